The van der Waals surface area contributed by atoms with Crippen LogP contribution in [-0.2, 0) is 0 Å². The minimum absolute atomic E-state index is 0. The maximum atomic E-state index is 13.2. The predicted molar refractivity (Wildman–Crippen MR) is 65.4 cm³/mol. The van der Waals surface area contributed by atoms with Crippen molar-refractivity contribution in [1.82, 2.24) is 0 Å². The molecule has 0 heterocycles. The molecule has 0 atom stereocenters. The summed E-state index contributed by atoms with van der Waals surface area (Å²) in [5.41, 5.74) is 6.27. The Kier molecular flexibility index (Phi) is 6.00. The molecule has 0 aliphatic heterocycles. The van der Waals surface area contributed by atoms with Crippen molar-refractivity contribution in [2.45, 2.75) is 20.8 Å². The summed E-state index contributed by atoms with van der Waals surface area (Å²) < 4.78 is 25.7. The number of hydrogen-bond acceptors (Lipinski definition) is 2. The third-order valence-electron chi connectivity index (χ3n) is 1.86. The van der Waals surface area contributed by atoms with Gasteiger partial charge in [0, 0.05) is 25.0 Å². The van der Waals surface area contributed by atoms with Crippen LogP contribution in [0.3, 0.4) is 0 Å². The van der Waals surface area contributed by atoms with Gasteiger partial charge in [-0.3, -0.25) is 0 Å². The number of rotatable bonds is 2. The number of allylic oxidation sites excluding steroid dienone is 1. The van der Waals surface area contributed by atoms with Crippen LogP contribution in [0.25, 0.3) is 5.70 Å². The number of hydrogen-bond donors (Lipinski definition) is 2. The predicted octanol–water partition coefficient (Wildman–Crippen LogP) is 3.58. The molecule has 16 heavy (non-hydrogen) atoms. The van der Waals surface area contributed by atoms with E-state index in [1.807, 2.05) is 13.8 Å². The molecule has 4 heteroatoms. The Morgan fingerprint density at radius 1 is 1.38 bits per heavy atom. The lowest BCUT2D eigenvalue weighted by molar-refractivity contribution is 0.581. The van der Waals surface area contributed by atoms with E-state index >= 15 is 0 Å². The second-order valence-electron chi connectivity index (χ2n) is 2.87. The van der Waals surface area contributed by atoms with Crippen LogP contribution in [0, 0.1) is 17.0 Å². The van der Waals surface area contributed by atoms with Crippen LogP contribution >= 0.6 is 0 Å². The molecule has 0 radical (unpaired) electrons. The number of nitrogens with one attached hydrogen (secondary N) is 1. The summed E-state index contributed by atoms with van der Waals surface area (Å²) in [5.74, 6) is -1.37. The standard InChI is InChI=1S/C10H10F2N2.C2H6.H2/c1-6(5-13)10(14)8-3-2-7(11)4-9(8)12;1-2;/h2-5,13H,14H2,1H3;1-2H3;1H/b10-6-,13-5?;;. The van der Waals surface area contributed by atoms with Crippen molar-refractivity contribution in [3.63, 3.8) is 0 Å². The van der Waals surface area contributed by atoms with Crippen molar-refractivity contribution in [1.29, 1.82) is 5.41 Å². The van der Waals surface area contributed by atoms with Crippen molar-refractivity contribution >= 4 is 11.9 Å². The molecule has 90 valence electrons. The van der Waals surface area contributed by atoms with E-state index in [1.54, 1.807) is 6.92 Å². The molecule has 0 unspecified atom stereocenters. The lowest BCUT2D eigenvalue weighted by Crippen LogP contribution is -2.03. The highest BCUT2D eigenvalue weighted by molar-refractivity contribution is 5.87. The summed E-state index contributed by atoms with van der Waals surface area (Å²) >= 11 is 0. The molecule has 0 aliphatic carbocycles. The first-order chi connectivity index (χ1) is 7.56. The van der Waals surface area contributed by atoms with Crippen LogP contribution in [0.1, 0.15) is 27.8 Å². The fraction of sp³-hybridized carbons (Fsp3) is 0.250. The Labute approximate surface area is 95.8 Å². The quantitative estimate of drug-likeness (QED) is 0.747. The zero-order valence-electron chi connectivity index (χ0n) is 9.64. The van der Waals surface area contributed by atoms with Crippen LogP contribution in [-0.4, -0.2) is 6.21 Å². The van der Waals surface area contributed by atoms with Crippen molar-refractivity contribution in [2.75, 3.05) is 0 Å². The third-order valence-corrected chi connectivity index (χ3v) is 1.86. The van der Waals surface area contributed by atoms with Crippen molar-refractivity contribution in [3.05, 3.63) is 41.0 Å². The van der Waals surface area contributed by atoms with Gasteiger partial charge in [0.2, 0.25) is 0 Å². The molecular formula is C12H18F2N2. The minimum atomic E-state index is -0.719. The summed E-state index contributed by atoms with van der Waals surface area (Å²) in [4.78, 5) is 0. The molecule has 1 aromatic rings. The molecule has 0 bridgehead atoms. The zero-order valence-corrected chi connectivity index (χ0v) is 9.64. The Balaban J connectivity index is 0. The van der Waals surface area contributed by atoms with Crippen molar-refractivity contribution in [3.8, 4) is 0 Å². The van der Waals surface area contributed by atoms with E-state index in [9.17, 15) is 8.78 Å². The van der Waals surface area contributed by atoms with Crippen LogP contribution in [0.4, 0.5) is 8.78 Å². The van der Waals surface area contributed by atoms with Gasteiger partial charge in [-0.2, -0.15) is 0 Å². The molecular weight excluding hydrogens is 210 g/mol. The van der Waals surface area contributed by atoms with Gasteiger partial charge in [-0.15, -0.1) is 0 Å². The molecule has 1 rings (SSSR count). The average Bonchev–Trinajstić information content (AvgIpc) is 2.30. The highest BCUT2D eigenvalue weighted by Crippen LogP contribution is 2.17. The Morgan fingerprint density at radius 2 is 1.94 bits per heavy atom. The minimum Gasteiger partial charge on any atom is -0.398 e. The molecule has 0 amide bonds. The molecule has 2 nitrogen and oxygen atoms in total. The topological polar surface area (TPSA) is 49.9 Å². The molecule has 0 fully saturated rings. The Hall–Kier alpha value is -1.71. The van der Waals surface area contributed by atoms with Gasteiger partial charge in [-0.05, 0) is 24.6 Å². The number of benzene rings is 1. The highest BCUT2D eigenvalue weighted by Gasteiger charge is 2.07. The molecule has 1 aromatic carbocycles. The maximum Gasteiger partial charge on any atom is 0.135 e. The number of halogens is 2. The van der Waals surface area contributed by atoms with Crippen LogP contribution < -0.4 is 5.73 Å². The van der Waals surface area contributed by atoms with Gasteiger partial charge in [-0.1, -0.05) is 13.8 Å². The van der Waals surface area contributed by atoms with Gasteiger partial charge >= 0.3 is 0 Å². The smallest absolute Gasteiger partial charge is 0.135 e. The molecule has 3 N–H and O–H groups in total. The van der Waals surface area contributed by atoms with E-state index in [2.05, 4.69) is 0 Å². The van der Waals surface area contributed by atoms with Crippen molar-refractivity contribution < 1.29 is 10.2 Å². The first-order valence-electron chi connectivity index (χ1n) is 4.98. The molecule has 0 aliphatic rings. The van der Waals surface area contributed by atoms with E-state index < -0.39 is 11.6 Å². The van der Waals surface area contributed by atoms with Gasteiger partial charge in [0.05, 0.1) is 0 Å². The summed E-state index contributed by atoms with van der Waals surface area (Å²) in [6.07, 6.45) is 1.03. The molecule has 0 saturated heterocycles. The lowest BCUT2D eigenvalue weighted by Gasteiger charge is -2.05. The van der Waals surface area contributed by atoms with Crippen LogP contribution in [0.2, 0.25) is 0 Å². The molecule has 0 saturated carbocycles. The maximum absolute atomic E-state index is 13.2. The van der Waals surface area contributed by atoms with E-state index in [0.717, 1.165) is 18.3 Å². The van der Waals surface area contributed by atoms with Gasteiger partial charge in [0.15, 0.2) is 0 Å². The molecule has 0 spiro atoms. The second-order valence-corrected chi connectivity index (χ2v) is 2.87. The summed E-state index contributed by atoms with van der Waals surface area (Å²) in [7, 11) is 0. The normalized spacial score (nSPS) is 11.1. The molecule has 0 aromatic heterocycles. The van der Waals surface area contributed by atoms with Gasteiger partial charge in [0.25, 0.3) is 0 Å². The van der Waals surface area contributed by atoms with Crippen LogP contribution in [0.5, 0.6) is 0 Å². The largest absolute Gasteiger partial charge is 0.398 e. The number of nitrogens with two attached hydrogens (primary N) is 1. The summed E-state index contributed by atoms with van der Waals surface area (Å²) in [6, 6.07) is 3.15. The average molecular weight is 228 g/mol. The van der Waals surface area contributed by atoms with E-state index in [4.69, 9.17) is 11.1 Å². The van der Waals surface area contributed by atoms with Gasteiger partial charge < -0.3 is 11.1 Å². The fourth-order valence-electron chi connectivity index (χ4n) is 0.998. The van der Waals surface area contributed by atoms with Gasteiger partial charge in [-0.25, -0.2) is 8.78 Å². The summed E-state index contributed by atoms with van der Waals surface area (Å²) in [5, 5.41) is 6.94. The van der Waals surface area contributed by atoms with E-state index in [1.165, 1.54) is 6.07 Å². The van der Waals surface area contributed by atoms with Crippen LogP contribution in [0.15, 0.2) is 23.8 Å². The first-order valence-corrected chi connectivity index (χ1v) is 4.98. The first kappa shape index (κ1) is 14.3. The Morgan fingerprint density at radius 3 is 2.38 bits per heavy atom. The van der Waals surface area contributed by atoms with Crippen molar-refractivity contribution in [2.24, 2.45) is 5.73 Å². The summed E-state index contributed by atoms with van der Waals surface area (Å²) in [6.45, 7) is 5.59. The highest BCUT2D eigenvalue weighted by atomic mass is 19.1. The Bertz CT molecular complexity index is 403. The SMILES string of the molecule is C/C(C=N)=C(/N)c1ccc(F)cc1F.CC.[HH]. The lowest BCUT2D eigenvalue weighted by atomic mass is 10.1. The second kappa shape index (κ2) is 6.71. The third kappa shape index (κ3) is 3.46. The fourth-order valence-corrected chi connectivity index (χ4v) is 0.998. The van der Waals surface area contributed by atoms with Gasteiger partial charge in [0.1, 0.15) is 11.6 Å². The zero-order chi connectivity index (χ0) is 12.7. The van der Waals surface area contributed by atoms with E-state index in [-0.39, 0.29) is 12.7 Å². The monoisotopic (exact) mass is 228 g/mol. The van der Waals surface area contributed by atoms with E-state index in [0.29, 0.717) is 5.57 Å².